The molecule has 0 aliphatic rings. The molecule has 0 unspecified atom stereocenters. The molecule has 1 aromatic carbocycles. The number of hydrogen-bond acceptors (Lipinski definition) is 5. The minimum Gasteiger partial charge on any atom is -0.493 e. The Balaban J connectivity index is 2.15. The van der Waals surface area contributed by atoms with Crippen molar-refractivity contribution in [3.63, 3.8) is 0 Å². The number of H-pyrrole nitrogens is 2. The van der Waals surface area contributed by atoms with Crippen molar-refractivity contribution in [3.8, 4) is 34.0 Å². The second-order valence-electron chi connectivity index (χ2n) is 4.40. The molecule has 0 fully saturated rings. The third-order valence-electron chi connectivity index (χ3n) is 3.24. The Hall–Kier alpha value is -2.96. The molecule has 0 amide bonds. The first-order chi connectivity index (χ1) is 10.2. The van der Waals surface area contributed by atoms with Crippen LogP contribution in [0.4, 0.5) is 5.82 Å². The van der Waals surface area contributed by atoms with Crippen LogP contribution in [-0.4, -0.2) is 34.6 Å². The Kier molecular flexibility index (Phi) is 3.23. The summed E-state index contributed by atoms with van der Waals surface area (Å²) >= 11 is 0. The van der Waals surface area contributed by atoms with Crippen molar-refractivity contribution >= 4 is 5.82 Å². The molecule has 0 atom stereocenters. The summed E-state index contributed by atoms with van der Waals surface area (Å²) in [5.41, 5.74) is 9.25. The van der Waals surface area contributed by atoms with E-state index >= 15 is 0 Å². The van der Waals surface area contributed by atoms with Gasteiger partial charge >= 0.3 is 0 Å². The topological polar surface area (TPSA) is 102 Å². The molecule has 7 heteroatoms. The highest BCUT2D eigenvalue weighted by atomic mass is 16.5. The summed E-state index contributed by atoms with van der Waals surface area (Å²) in [6, 6.07) is 7.44. The second kappa shape index (κ2) is 5.20. The molecule has 0 spiro atoms. The number of ether oxygens (including phenoxy) is 2. The van der Waals surface area contributed by atoms with Crippen LogP contribution in [0, 0.1) is 0 Å². The standard InChI is InChI=1S/C14H15N5O2/c1-20-10-4-3-8(7-11(10)21-2)12-13(18-19-14(12)15)9-5-6-16-17-9/h3-7H,1-2H3,(H,16,17)(H3,15,18,19). The smallest absolute Gasteiger partial charge is 0.161 e. The summed E-state index contributed by atoms with van der Waals surface area (Å²) in [4.78, 5) is 0. The highest BCUT2D eigenvalue weighted by molar-refractivity contribution is 5.87. The maximum Gasteiger partial charge on any atom is 0.161 e. The SMILES string of the molecule is COc1ccc(-c2c(N)n[nH]c2-c2ccn[nH]2)cc1OC. The third kappa shape index (κ3) is 2.18. The lowest BCUT2D eigenvalue weighted by Crippen LogP contribution is -1.93. The zero-order valence-corrected chi connectivity index (χ0v) is 11.7. The van der Waals surface area contributed by atoms with Gasteiger partial charge in [-0.15, -0.1) is 0 Å². The first-order valence-corrected chi connectivity index (χ1v) is 6.30. The molecule has 4 N–H and O–H groups in total. The minimum absolute atomic E-state index is 0.409. The Bertz CT molecular complexity index is 749. The fraction of sp³-hybridized carbons (Fsp3) is 0.143. The quantitative estimate of drug-likeness (QED) is 0.681. The van der Waals surface area contributed by atoms with Crippen molar-refractivity contribution in [2.75, 3.05) is 20.0 Å². The molecule has 0 aliphatic heterocycles. The van der Waals surface area contributed by atoms with Gasteiger partial charge in [0.25, 0.3) is 0 Å². The number of aromatic nitrogens is 4. The van der Waals surface area contributed by atoms with Crippen molar-refractivity contribution in [3.05, 3.63) is 30.5 Å². The van der Waals surface area contributed by atoms with Gasteiger partial charge < -0.3 is 15.2 Å². The molecule has 3 aromatic rings. The molecule has 7 nitrogen and oxygen atoms in total. The molecule has 108 valence electrons. The number of hydrogen-bond donors (Lipinski definition) is 3. The summed E-state index contributed by atoms with van der Waals surface area (Å²) in [7, 11) is 3.19. The van der Waals surface area contributed by atoms with Crippen LogP contribution in [0.5, 0.6) is 11.5 Å². The first-order valence-electron chi connectivity index (χ1n) is 6.30. The molecule has 0 radical (unpaired) electrons. The van der Waals surface area contributed by atoms with Crippen molar-refractivity contribution in [2.24, 2.45) is 0 Å². The van der Waals surface area contributed by atoms with E-state index in [-0.39, 0.29) is 0 Å². The maximum absolute atomic E-state index is 5.99. The molecule has 21 heavy (non-hydrogen) atoms. The van der Waals surface area contributed by atoms with Crippen molar-refractivity contribution in [1.29, 1.82) is 0 Å². The van der Waals surface area contributed by atoms with E-state index < -0.39 is 0 Å². The van der Waals surface area contributed by atoms with Crippen LogP contribution in [0.25, 0.3) is 22.5 Å². The number of rotatable bonds is 4. The van der Waals surface area contributed by atoms with Gasteiger partial charge in [0.1, 0.15) is 0 Å². The average Bonchev–Trinajstić information content (AvgIpc) is 3.15. The molecule has 0 saturated heterocycles. The highest BCUT2D eigenvalue weighted by Crippen LogP contribution is 2.38. The van der Waals surface area contributed by atoms with Gasteiger partial charge in [-0.25, -0.2) is 0 Å². The average molecular weight is 285 g/mol. The van der Waals surface area contributed by atoms with Gasteiger partial charge in [0.05, 0.1) is 31.2 Å². The number of nitrogens with zero attached hydrogens (tertiary/aromatic N) is 2. The lowest BCUT2D eigenvalue weighted by molar-refractivity contribution is 0.355. The van der Waals surface area contributed by atoms with E-state index in [4.69, 9.17) is 15.2 Å². The lowest BCUT2D eigenvalue weighted by atomic mass is 10.0. The maximum atomic E-state index is 5.99. The highest BCUT2D eigenvalue weighted by Gasteiger charge is 2.17. The number of nitrogens with two attached hydrogens (primary N) is 1. The van der Waals surface area contributed by atoms with Gasteiger partial charge in [-0.3, -0.25) is 10.2 Å². The molecule has 2 aromatic heterocycles. The summed E-state index contributed by atoms with van der Waals surface area (Å²) in [5, 5.41) is 13.8. The summed E-state index contributed by atoms with van der Waals surface area (Å²) < 4.78 is 10.6. The van der Waals surface area contributed by atoms with E-state index in [0.29, 0.717) is 17.3 Å². The monoisotopic (exact) mass is 285 g/mol. The van der Waals surface area contributed by atoms with Gasteiger partial charge in [-0.05, 0) is 23.8 Å². The van der Waals surface area contributed by atoms with Gasteiger partial charge in [0, 0.05) is 6.20 Å². The van der Waals surface area contributed by atoms with Gasteiger partial charge in [0.2, 0.25) is 0 Å². The van der Waals surface area contributed by atoms with Crippen LogP contribution in [0.2, 0.25) is 0 Å². The van der Waals surface area contributed by atoms with Crippen LogP contribution < -0.4 is 15.2 Å². The number of nitrogens with one attached hydrogen (secondary N) is 2. The predicted octanol–water partition coefficient (Wildman–Crippen LogP) is 2.07. The van der Waals surface area contributed by atoms with Crippen molar-refractivity contribution < 1.29 is 9.47 Å². The summed E-state index contributed by atoms with van der Waals surface area (Å²) in [5.74, 6) is 1.70. The first kappa shape index (κ1) is 13.0. The molecule has 0 bridgehead atoms. The molecule has 2 heterocycles. The normalized spacial score (nSPS) is 10.6. The molecule has 0 aliphatic carbocycles. The van der Waals surface area contributed by atoms with E-state index in [1.807, 2.05) is 24.3 Å². The van der Waals surface area contributed by atoms with Crippen LogP contribution in [-0.2, 0) is 0 Å². The van der Waals surface area contributed by atoms with Crippen molar-refractivity contribution in [2.45, 2.75) is 0 Å². The third-order valence-corrected chi connectivity index (χ3v) is 3.24. The van der Waals surface area contributed by atoms with Crippen molar-refractivity contribution in [1.82, 2.24) is 20.4 Å². The zero-order chi connectivity index (χ0) is 14.8. The fourth-order valence-electron chi connectivity index (χ4n) is 2.23. The fourth-order valence-corrected chi connectivity index (χ4v) is 2.23. The number of anilines is 1. The zero-order valence-electron chi connectivity index (χ0n) is 11.7. The summed E-state index contributed by atoms with van der Waals surface area (Å²) in [6.45, 7) is 0. The van der Waals surface area contributed by atoms with Gasteiger partial charge in [-0.2, -0.15) is 10.2 Å². The largest absolute Gasteiger partial charge is 0.493 e. The van der Waals surface area contributed by atoms with E-state index in [1.165, 1.54) is 0 Å². The van der Waals surface area contributed by atoms with E-state index in [9.17, 15) is 0 Å². The number of nitrogen functional groups attached to an aromatic ring is 1. The number of aromatic amines is 2. The predicted molar refractivity (Wildman–Crippen MR) is 79.1 cm³/mol. The Labute approximate surface area is 121 Å². The Morgan fingerprint density at radius 1 is 1.05 bits per heavy atom. The Morgan fingerprint density at radius 2 is 1.86 bits per heavy atom. The van der Waals surface area contributed by atoms with Crippen LogP contribution in [0.1, 0.15) is 0 Å². The van der Waals surface area contributed by atoms with Crippen LogP contribution in [0.3, 0.4) is 0 Å². The molecular weight excluding hydrogens is 270 g/mol. The van der Waals surface area contributed by atoms with E-state index in [1.54, 1.807) is 20.4 Å². The minimum atomic E-state index is 0.409. The van der Waals surface area contributed by atoms with Crippen LogP contribution >= 0.6 is 0 Å². The number of benzene rings is 1. The Morgan fingerprint density at radius 3 is 2.52 bits per heavy atom. The molecule has 0 saturated carbocycles. The molecular formula is C14H15N5O2. The second-order valence-corrected chi connectivity index (χ2v) is 4.40. The van der Waals surface area contributed by atoms with Crippen LogP contribution in [0.15, 0.2) is 30.5 Å². The van der Waals surface area contributed by atoms with E-state index in [2.05, 4.69) is 20.4 Å². The van der Waals surface area contributed by atoms with Gasteiger partial charge in [0.15, 0.2) is 17.3 Å². The van der Waals surface area contributed by atoms with Gasteiger partial charge in [-0.1, -0.05) is 6.07 Å². The summed E-state index contributed by atoms with van der Waals surface area (Å²) in [6.07, 6.45) is 1.67. The lowest BCUT2D eigenvalue weighted by Gasteiger charge is -2.10. The van der Waals surface area contributed by atoms with E-state index in [0.717, 1.165) is 22.5 Å². The molecule has 3 rings (SSSR count). The number of methoxy groups -OCH3 is 2.